The SMILES string of the molecule is O=C(Cn1cnc2ccc(Br)cc2c1=O)NCCc1ccc(OC(F)F)cc1. The Morgan fingerprint density at radius 3 is 2.68 bits per heavy atom. The molecular weight excluding hydrogens is 436 g/mol. The van der Waals surface area contributed by atoms with Crippen molar-refractivity contribution >= 4 is 32.7 Å². The second-order valence-corrected chi connectivity index (χ2v) is 6.88. The molecule has 146 valence electrons. The van der Waals surface area contributed by atoms with Gasteiger partial charge in [-0.1, -0.05) is 28.1 Å². The number of ether oxygens (including phenoxy) is 1. The minimum Gasteiger partial charge on any atom is -0.435 e. The number of rotatable bonds is 7. The molecule has 0 spiro atoms. The minimum atomic E-state index is -2.86. The molecule has 1 N–H and O–H groups in total. The standard InChI is InChI=1S/C19H16BrF2N3O3/c20-13-3-6-16-15(9-13)18(27)25(11-24-16)10-17(26)23-8-7-12-1-4-14(5-2-12)28-19(21)22/h1-6,9,11,19H,7-8,10H2,(H,23,26). The van der Waals surface area contributed by atoms with Crippen LogP contribution in [0.25, 0.3) is 10.9 Å². The molecule has 2 aromatic carbocycles. The van der Waals surface area contributed by atoms with Crippen LogP contribution in [0.2, 0.25) is 0 Å². The number of alkyl halides is 2. The van der Waals surface area contributed by atoms with Gasteiger partial charge >= 0.3 is 6.61 Å². The summed E-state index contributed by atoms with van der Waals surface area (Å²) in [6.07, 6.45) is 1.86. The van der Waals surface area contributed by atoms with Gasteiger partial charge in [-0.05, 0) is 42.3 Å². The number of amides is 1. The third kappa shape index (κ3) is 5.13. The predicted octanol–water partition coefficient (Wildman–Crippen LogP) is 3.12. The second kappa shape index (κ2) is 8.92. The van der Waals surface area contributed by atoms with Crippen LogP contribution in [0, 0.1) is 0 Å². The van der Waals surface area contributed by atoms with E-state index in [1.165, 1.54) is 23.0 Å². The van der Waals surface area contributed by atoms with E-state index in [4.69, 9.17) is 0 Å². The van der Waals surface area contributed by atoms with Crippen molar-refractivity contribution < 1.29 is 18.3 Å². The Hall–Kier alpha value is -2.81. The van der Waals surface area contributed by atoms with E-state index in [0.717, 1.165) is 10.0 Å². The first-order chi connectivity index (χ1) is 13.4. The third-order valence-corrected chi connectivity index (χ3v) is 4.48. The maximum absolute atomic E-state index is 12.5. The van der Waals surface area contributed by atoms with Crippen LogP contribution >= 0.6 is 15.9 Å². The van der Waals surface area contributed by atoms with Crippen molar-refractivity contribution in [2.24, 2.45) is 0 Å². The van der Waals surface area contributed by atoms with Gasteiger partial charge < -0.3 is 10.1 Å². The average molecular weight is 452 g/mol. The third-order valence-electron chi connectivity index (χ3n) is 3.98. The van der Waals surface area contributed by atoms with E-state index in [1.54, 1.807) is 30.3 Å². The van der Waals surface area contributed by atoms with Gasteiger partial charge in [-0.3, -0.25) is 14.2 Å². The average Bonchev–Trinajstić information content (AvgIpc) is 2.65. The van der Waals surface area contributed by atoms with Gasteiger partial charge in [0.2, 0.25) is 5.91 Å². The molecule has 0 atom stereocenters. The van der Waals surface area contributed by atoms with Crippen molar-refractivity contribution in [1.82, 2.24) is 14.9 Å². The summed E-state index contributed by atoms with van der Waals surface area (Å²) >= 11 is 3.31. The van der Waals surface area contributed by atoms with Crippen LogP contribution in [0.5, 0.6) is 5.75 Å². The highest BCUT2D eigenvalue weighted by atomic mass is 79.9. The molecule has 0 fully saturated rings. The number of hydrogen-bond acceptors (Lipinski definition) is 4. The van der Waals surface area contributed by atoms with Crippen LogP contribution < -0.4 is 15.6 Å². The molecule has 0 bridgehead atoms. The second-order valence-electron chi connectivity index (χ2n) is 5.96. The molecule has 0 aliphatic heterocycles. The van der Waals surface area contributed by atoms with E-state index < -0.39 is 6.61 Å². The fourth-order valence-corrected chi connectivity index (χ4v) is 3.00. The predicted molar refractivity (Wildman–Crippen MR) is 103 cm³/mol. The quantitative estimate of drug-likeness (QED) is 0.598. The maximum Gasteiger partial charge on any atom is 0.387 e. The number of hydrogen-bond donors (Lipinski definition) is 1. The zero-order valence-corrected chi connectivity index (χ0v) is 16.2. The Balaban J connectivity index is 1.55. The molecule has 28 heavy (non-hydrogen) atoms. The molecular formula is C19H16BrF2N3O3. The smallest absolute Gasteiger partial charge is 0.387 e. The Morgan fingerprint density at radius 1 is 1.21 bits per heavy atom. The summed E-state index contributed by atoms with van der Waals surface area (Å²) in [6, 6.07) is 11.4. The van der Waals surface area contributed by atoms with Crippen molar-refractivity contribution in [2.75, 3.05) is 6.54 Å². The molecule has 0 saturated carbocycles. The molecule has 0 unspecified atom stereocenters. The van der Waals surface area contributed by atoms with Gasteiger partial charge in [0.1, 0.15) is 12.3 Å². The monoisotopic (exact) mass is 451 g/mol. The molecule has 3 rings (SSSR count). The fraction of sp³-hybridized carbons (Fsp3) is 0.211. The molecule has 0 aliphatic rings. The summed E-state index contributed by atoms with van der Waals surface area (Å²) in [7, 11) is 0. The molecule has 1 heterocycles. The fourth-order valence-electron chi connectivity index (χ4n) is 2.64. The van der Waals surface area contributed by atoms with Crippen molar-refractivity contribution in [1.29, 1.82) is 0 Å². The van der Waals surface area contributed by atoms with Gasteiger partial charge in [-0.2, -0.15) is 8.78 Å². The van der Waals surface area contributed by atoms with E-state index in [-0.39, 0.29) is 23.8 Å². The van der Waals surface area contributed by atoms with E-state index in [1.807, 2.05) is 0 Å². The Labute approximate surface area is 167 Å². The van der Waals surface area contributed by atoms with E-state index in [2.05, 4.69) is 31.0 Å². The molecule has 6 nitrogen and oxygen atoms in total. The molecule has 0 aliphatic carbocycles. The van der Waals surface area contributed by atoms with Crippen LogP contribution in [0.3, 0.4) is 0 Å². The van der Waals surface area contributed by atoms with Crippen molar-refractivity contribution in [3.63, 3.8) is 0 Å². The molecule has 0 radical (unpaired) electrons. The largest absolute Gasteiger partial charge is 0.435 e. The zero-order valence-electron chi connectivity index (χ0n) is 14.6. The van der Waals surface area contributed by atoms with Crippen molar-refractivity contribution in [2.45, 2.75) is 19.6 Å². The Kier molecular flexibility index (Phi) is 6.35. The van der Waals surface area contributed by atoms with E-state index >= 15 is 0 Å². The normalized spacial score (nSPS) is 11.0. The van der Waals surface area contributed by atoms with Crippen LogP contribution in [-0.4, -0.2) is 28.6 Å². The highest BCUT2D eigenvalue weighted by molar-refractivity contribution is 9.10. The van der Waals surface area contributed by atoms with E-state index in [0.29, 0.717) is 23.9 Å². The Morgan fingerprint density at radius 2 is 1.96 bits per heavy atom. The maximum atomic E-state index is 12.5. The lowest BCUT2D eigenvalue weighted by molar-refractivity contribution is -0.121. The van der Waals surface area contributed by atoms with Gasteiger partial charge in [0, 0.05) is 11.0 Å². The number of aromatic nitrogens is 2. The first kappa shape index (κ1) is 19.9. The molecule has 1 amide bonds. The van der Waals surface area contributed by atoms with Gasteiger partial charge in [-0.15, -0.1) is 0 Å². The lowest BCUT2D eigenvalue weighted by atomic mass is 10.1. The summed E-state index contributed by atoms with van der Waals surface area (Å²) in [5.74, 6) is -0.242. The summed E-state index contributed by atoms with van der Waals surface area (Å²) in [4.78, 5) is 28.8. The summed E-state index contributed by atoms with van der Waals surface area (Å²) in [6.45, 7) is -2.66. The molecule has 3 aromatic rings. The van der Waals surface area contributed by atoms with Crippen molar-refractivity contribution in [3.8, 4) is 5.75 Å². The molecule has 0 saturated heterocycles. The molecule has 1 aromatic heterocycles. The number of benzene rings is 2. The van der Waals surface area contributed by atoms with Crippen molar-refractivity contribution in [3.05, 3.63) is 69.2 Å². The number of carbonyl (C=O) groups excluding carboxylic acids is 1. The first-order valence-corrected chi connectivity index (χ1v) is 9.17. The zero-order chi connectivity index (χ0) is 20.1. The Bertz CT molecular complexity index is 1040. The van der Waals surface area contributed by atoms with Gasteiger partial charge in [0.15, 0.2) is 0 Å². The van der Waals surface area contributed by atoms with Crippen LogP contribution in [0.1, 0.15) is 5.56 Å². The summed E-state index contributed by atoms with van der Waals surface area (Å²) in [5.41, 5.74) is 1.12. The lowest BCUT2D eigenvalue weighted by Gasteiger charge is -2.09. The number of halogens is 3. The molecule has 9 heteroatoms. The lowest BCUT2D eigenvalue weighted by Crippen LogP contribution is -2.33. The van der Waals surface area contributed by atoms with E-state index in [9.17, 15) is 18.4 Å². The van der Waals surface area contributed by atoms with Crippen LogP contribution in [0.15, 0.2) is 58.1 Å². The minimum absolute atomic E-state index is 0.0811. The topological polar surface area (TPSA) is 73.2 Å². The highest BCUT2D eigenvalue weighted by Crippen LogP contribution is 2.15. The number of nitrogens with one attached hydrogen (secondary N) is 1. The highest BCUT2D eigenvalue weighted by Gasteiger charge is 2.09. The summed E-state index contributed by atoms with van der Waals surface area (Å²) < 4.78 is 30.5. The number of fused-ring (bicyclic) bond motifs is 1. The van der Waals surface area contributed by atoms with Crippen LogP contribution in [-0.2, 0) is 17.8 Å². The number of nitrogens with zero attached hydrogens (tertiary/aromatic N) is 2. The van der Waals surface area contributed by atoms with Gasteiger partial charge in [-0.25, -0.2) is 4.98 Å². The number of carbonyl (C=O) groups is 1. The summed E-state index contributed by atoms with van der Waals surface area (Å²) in [5, 5.41) is 3.15. The first-order valence-electron chi connectivity index (χ1n) is 8.37. The van der Waals surface area contributed by atoms with Gasteiger partial charge in [0.05, 0.1) is 17.2 Å². The van der Waals surface area contributed by atoms with Gasteiger partial charge in [0.25, 0.3) is 5.56 Å². The van der Waals surface area contributed by atoms with Crippen LogP contribution in [0.4, 0.5) is 8.78 Å².